The first kappa shape index (κ1) is 18.8. The fourth-order valence-corrected chi connectivity index (χ4v) is 3.30. The second kappa shape index (κ2) is 7.81. The number of hydrogen-bond acceptors (Lipinski definition) is 3. The van der Waals surface area contributed by atoms with E-state index in [1.54, 1.807) is 12.1 Å². The van der Waals surface area contributed by atoms with Crippen LogP contribution in [0.2, 0.25) is 5.02 Å². The molecule has 1 heterocycles. The van der Waals surface area contributed by atoms with E-state index in [0.717, 1.165) is 22.8 Å². The fraction of sp³-hybridized carbons (Fsp3) is 0.0435. The Labute approximate surface area is 171 Å². The molecule has 0 radical (unpaired) electrons. The van der Waals surface area contributed by atoms with E-state index in [4.69, 9.17) is 16.3 Å². The van der Waals surface area contributed by atoms with Crippen molar-refractivity contribution in [1.29, 1.82) is 0 Å². The van der Waals surface area contributed by atoms with Gasteiger partial charge in [-0.05, 0) is 35.4 Å². The number of para-hydroxylation sites is 1. The minimum atomic E-state index is -1.14. The maximum atomic E-state index is 11.9. The van der Waals surface area contributed by atoms with Crippen LogP contribution in [-0.4, -0.2) is 16.1 Å². The molecule has 4 rings (SSSR count). The zero-order chi connectivity index (χ0) is 20.4. The molecule has 0 aliphatic heterocycles. The summed E-state index contributed by atoms with van der Waals surface area (Å²) < 4.78 is 5.80. The summed E-state index contributed by atoms with van der Waals surface area (Å²) in [4.78, 5) is 26.2. The summed E-state index contributed by atoms with van der Waals surface area (Å²) in [7, 11) is 0. The molecule has 1 aromatic heterocycles. The number of benzene rings is 3. The summed E-state index contributed by atoms with van der Waals surface area (Å²) in [6, 6.07) is 21.3. The quantitative estimate of drug-likeness (QED) is 0.482. The van der Waals surface area contributed by atoms with Crippen molar-refractivity contribution in [2.24, 2.45) is 0 Å². The SMILES string of the molecule is O=C(O)c1cc(=O)[nH]c2c(-c3ccc(OCc4ccc(Cl)cc4)cc3)cccc12. The lowest BCUT2D eigenvalue weighted by Gasteiger charge is -2.10. The predicted molar refractivity (Wildman–Crippen MR) is 113 cm³/mol. The van der Waals surface area contributed by atoms with Crippen LogP contribution >= 0.6 is 11.6 Å². The molecule has 6 heteroatoms. The van der Waals surface area contributed by atoms with E-state index in [-0.39, 0.29) is 5.56 Å². The Kier molecular flexibility index (Phi) is 5.06. The number of carbonyl (C=O) groups is 1. The van der Waals surface area contributed by atoms with E-state index in [0.29, 0.717) is 28.3 Å². The fourth-order valence-electron chi connectivity index (χ4n) is 3.18. The number of pyridine rings is 1. The van der Waals surface area contributed by atoms with Crippen LogP contribution in [0.3, 0.4) is 0 Å². The summed E-state index contributed by atoms with van der Waals surface area (Å²) in [5.74, 6) is -0.437. The average molecular weight is 406 g/mol. The number of rotatable bonds is 5. The number of ether oxygens (including phenoxy) is 1. The first-order valence-corrected chi connectivity index (χ1v) is 9.26. The smallest absolute Gasteiger partial charge is 0.336 e. The lowest BCUT2D eigenvalue weighted by Crippen LogP contribution is -2.10. The number of nitrogens with one attached hydrogen (secondary N) is 1. The third-order valence-corrected chi connectivity index (χ3v) is 4.84. The van der Waals surface area contributed by atoms with E-state index in [2.05, 4.69) is 4.98 Å². The Morgan fingerprint density at radius 1 is 1.00 bits per heavy atom. The van der Waals surface area contributed by atoms with E-state index in [1.807, 2.05) is 54.6 Å². The summed E-state index contributed by atoms with van der Waals surface area (Å²) in [6.45, 7) is 0.417. The molecule has 5 nitrogen and oxygen atoms in total. The van der Waals surface area contributed by atoms with E-state index in [1.165, 1.54) is 0 Å². The largest absolute Gasteiger partial charge is 0.489 e. The van der Waals surface area contributed by atoms with Crippen molar-refractivity contribution in [3.05, 3.63) is 99.3 Å². The predicted octanol–water partition coefficient (Wildman–Crippen LogP) is 5.13. The van der Waals surface area contributed by atoms with Gasteiger partial charge < -0.3 is 14.8 Å². The van der Waals surface area contributed by atoms with Gasteiger partial charge in [-0.2, -0.15) is 0 Å². The molecular weight excluding hydrogens is 390 g/mol. The highest BCUT2D eigenvalue weighted by molar-refractivity contribution is 6.30. The minimum Gasteiger partial charge on any atom is -0.489 e. The molecule has 0 saturated carbocycles. The Hall–Kier alpha value is -3.57. The van der Waals surface area contributed by atoms with Crippen LogP contribution in [0.15, 0.2) is 77.6 Å². The number of aromatic carboxylic acids is 1. The van der Waals surface area contributed by atoms with Crippen LogP contribution in [0.1, 0.15) is 15.9 Å². The number of fused-ring (bicyclic) bond motifs is 1. The number of carboxylic acids is 1. The van der Waals surface area contributed by atoms with Crippen LogP contribution in [0.25, 0.3) is 22.0 Å². The third kappa shape index (κ3) is 4.00. The Balaban J connectivity index is 1.64. The van der Waals surface area contributed by atoms with Gasteiger partial charge in [0.2, 0.25) is 5.56 Å². The van der Waals surface area contributed by atoms with Crippen molar-refractivity contribution >= 4 is 28.5 Å². The van der Waals surface area contributed by atoms with Crippen molar-refractivity contribution in [3.63, 3.8) is 0 Å². The molecule has 0 amide bonds. The van der Waals surface area contributed by atoms with Gasteiger partial charge >= 0.3 is 5.97 Å². The monoisotopic (exact) mass is 405 g/mol. The lowest BCUT2D eigenvalue weighted by atomic mass is 9.99. The highest BCUT2D eigenvalue weighted by Crippen LogP contribution is 2.29. The molecule has 3 aromatic carbocycles. The second-order valence-corrected chi connectivity index (χ2v) is 6.96. The van der Waals surface area contributed by atoms with Gasteiger partial charge in [-0.25, -0.2) is 4.79 Å². The molecule has 0 spiro atoms. The van der Waals surface area contributed by atoms with E-state index >= 15 is 0 Å². The molecule has 0 bridgehead atoms. The van der Waals surface area contributed by atoms with Gasteiger partial charge in [0.1, 0.15) is 12.4 Å². The Morgan fingerprint density at radius 2 is 1.72 bits per heavy atom. The van der Waals surface area contributed by atoms with E-state index in [9.17, 15) is 14.7 Å². The van der Waals surface area contributed by atoms with Crippen molar-refractivity contribution in [2.75, 3.05) is 0 Å². The van der Waals surface area contributed by atoms with Crippen molar-refractivity contribution in [3.8, 4) is 16.9 Å². The van der Waals surface area contributed by atoms with Crippen molar-refractivity contribution in [1.82, 2.24) is 4.98 Å². The topological polar surface area (TPSA) is 79.4 Å². The van der Waals surface area contributed by atoms with Crippen LogP contribution in [0.4, 0.5) is 0 Å². The van der Waals surface area contributed by atoms with Crippen LogP contribution < -0.4 is 10.3 Å². The maximum Gasteiger partial charge on any atom is 0.336 e. The molecule has 0 saturated heterocycles. The molecule has 2 N–H and O–H groups in total. The molecule has 0 fully saturated rings. The summed E-state index contributed by atoms with van der Waals surface area (Å²) in [5, 5.41) is 10.6. The van der Waals surface area contributed by atoms with Gasteiger partial charge in [0.25, 0.3) is 0 Å². The highest BCUT2D eigenvalue weighted by atomic mass is 35.5. The molecule has 144 valence electrons. The van der Waals surface area contributed by atoms with Crippen molar-refractivity contribution < 1.29 is 14.6 Å². The number of hydrogen-bond donors (Lipinski definition) is 2. The molecule has 0 unspecified atom stereocenters. The van der Waals surface area contributed by atoms with Gasteiger partial charge in [0.05, 0.1) is 11.1 Å². The number of aromatic amines is 1. The summed E-state index contributed by atoms with van der Waals surface area (Å²) in [6.07, 6.45) is 0. The zero-order valence-corrected chi connectivity index (χ0v) is 15.9. The van der Waals surface area contributed by atoms with Gasteiger partial charge in [-0.15, -0.1) is 0 Å². The first-order valence-electron chi connectivity index (χ1n) is 8.88. The van der Waals surface area contributed by atoms with Gasteiger partial charge in [0, 0.05) is 22.0 Å². The van der Waals surface area contributed by atoms with Crippen LogP contribution in [0.5, 0.6) is 5.75 Å². The van der Waals surface area contributed by atoms with Crippen LogP contribution in [0, 0.1) is 0 Å². The Morgan fingerprint density at radius 3 is 2.41 bits per heavy atom. The molecule has 29 heavy (non-hydrogen) atoms. The second-order valence-electron chi connectivity index (χ2n) is 6.52. The van der Waals surface area contributed by atoms with Gasteiger partial charge in [-0.3, -0.25) is 4.79 Å². The van der Waals surface area contributed by atoms with Crippen LogP contribution in [-0.2, 0) is 6.61 Å². The molecule has 0 aliphatic carbocycles. The standard InChI is InChI=1S/C23H16ClNO4/c24-16-8-4-14(5-9-16)13-29-17-10-6-15(7-11-17)18-2-1-3-19-20(23(27)28)12-21(26)25-22(18)19/h1-12H,13H2,(H,25,26)(H,27,28). The number of aromatic nitrogens is 1. The Bertz CT molecular complexity index is 1240. The van der Waals surface area contributed by atoms with Gasteiger partial charge in [0.15, 0.2) is 0 Å². The zero-order valence-electron chi connectivity index (χ0n) is 15.2. The number of H-pyrrole nitrogens is 1. The lowest BCUT2D eigenvalue weighted by molar-refractivity contribution is 0.0699. The average Bonchev–Trinajstić information content (AvgIpc) is 2.72. The van der Waals surface area contributed by atoms with Crippen molar-refractivity contribution in [2.45, 2.75) is 6.61 Å². The molecule has 0 aliphatic rings. The molecule has 4 aromatic rings. The number of carboxylic acid groups (broad SMARTS) is 1. The third-order valence-electron chi connectivity index (χ3n) is 4.59. The molecular formula is C23H16ClNO4. The first-order chi connectivity index (χ1) is 14.0. The van der Waals surface area contributed by atoms with Gasteiger partial charge in [-0.1, -0.05) is 54.1 Å². The molecule has 0 atom stereocenters. The minimum absolute atomic E-state index is 0.0199. The normalized spacial score (nSPS) is 10.8. The van der Waals surface area contributed by atoms with E-state index < -0.39 is 11.5 Å². The maximum absolute atomic E-state index is 11.9. The highest BCUT2D eigenvalue weighted by Gasteiger charge is 2.13. The summed E-state index contributed by atoms with van der Waals surface area (Å²) in [5.41, 5.74) is 2.61. The number of halogens is 1. The summed E-state index contributed by atoms with van der Waals surface area (Å²) >= 11 is 5.89.